The lowest BCUT2D eigenvalue weighted by atomic mass is 9.95. The first kappa shape index (κ1) is 19.0. The van der Waals surface area contributed by atoms with E-state index in [4.69, 9.17) is 0 Å². The van der Waals surface area contributed by atoms with E-state index in [1.165, 1.54) is 12.1 Å². The van der Waals surface area contributed by atoms with Crippen molar-refractivity contribution in [1.82, 2.24) is 0 Å². The average Bonchev–Trinajstić information content (AvgIpc) is 2.62. The van der Waals surface area contributed by atoms with E-state index in [0.717, 1.165) is 23.8 Å². The quantitative estimate of drug-likeness (QED) is 0.475. The fourth-order valence-corrected chi connectivity index (χ4v) is 3.57. The molecule has 0 radical (unpaired) electrons. The third-order valence-electron chi connectivity index (χ3n) is 4.22. The molecule has 0 aliphatic rings. The van der Waals surface area contributed by atoms with Gasteiger partial charge in [-0.3, -0.25) is 0 Å². The minimum Gasteiger partial charge on any atom is -0.343 e. The summed E-state index contributed by atoms with van der Waals surface area (Å²) >= 11 is 3.32. The highest BCUT2D eigenvalue weighted by Crippen LogP contribution is 2.38. The Morgan fingerprint density at radius 3 is 2.22 bits per heavy atom. The molecule has 0 N–H and O–H groups in total. The highest BCUT2D eigenvalue weighted by molar-refractivity contribution is 9.10. The fourth-order valence-electron chi connectivity index (χ4n) is 2.95. The van der Waals surface area contributed by atoms with Crippen LogP contribution in [0.3, 0.4) is 0 Å². The van der Waals surface area contributed by atoms with Crippen LogP contribution in [0.15, 0.2) is 53.0 Å². The van der Waals surface area contributed by atoms with Crippen molar-refractivity contribution >= 4 is 27.3 Å². The van der Waals surface area contributed by atoms with E-state index in [1.54, 1.807) is 37.1 Å². The second-order valence-electron chi connectivity index (χ2n) is 6.10. The number of aryl methyl sites for hydroxylation is 1. The van der Waals surface area contributed by atoms with Crippen molar-refractivity contribution in [2.24, 2.45) is 0 Å². The van der Waals surface area contributed by atoms with Crippen molar-refractivity contribution < 1.29 is 13.2 Å². The van der Waals surface area contributed by atoms with Gasteiger partial charge in [0.2, 0.25) is 0 Å². The van der Waals surface area contributed by atoms with Gasteiger partial charge in [0.15, 0.2) is 0 Å². The molecular weight excluding hydrogens is 417 g/mol. The van der Waals surface area contributed by atoms with E-state index < -0.39 is 17.5 Å². The van der Waals surface area contributed by atoms with Crippen LogP contribution in [0.1, 0.15) is 11.1 Å². The molecule has 0 unspecified atom stereocenters. The molecule has 0 aromatic heterocycles. The number of anilines is 2. The summed E-state index contributed by atoms with van der Waals surface area (Å²) in [5, 5.41) is 9.76. The fraction of sp³-hybridized carbons (Fsp3) is 0.0952. The van der Waals surface area contributed by atoms with Crippen LogP contribution in [0.5, 0.6) is 0 Å². The topological polar surface area (TPSA) is 27.0 Å². The summed E-state index contributed by atoms with van der Waals surface area (Å²) in [7, 11) is 1.72. The Hall–Kier alpha value is -2.78. The van der Waals surface area contributed by atoms with Crippen molar-refractivity contribution in [3.05, 3.63) is 81.6 Å². The molecule has 0 amide bonds. The Balaban J connectivity index is 2.24. The lowest BCUT2D eigenvalue weighted by Crippen LogP contribution is -2.13. The number of nitriles is 1. The summed E-state index contributed by atoms with van der Waals surface area (Å²) < 4.78 is 41.9. The molecule has 0 bridgehead atoms. The highest BCUT2D eigenvalue weighted by Gasteiger charge is 2.19. The molecule has 0 atom stereocenters. The Labute approximate surface area is 163 Å². The van der Waals surface area contributed by atoms with Crippen LogP contribution in [0, 0.1) is 35.7 Å². The van der Waals surface area contributed by atoms with Crippen LogP contribution >= 0.6 is 15.9 Å². The zero-order chi connectivity index (χ0) is 19.7. The smallest absolute Gasteiger partial charge is 0.131 e. The number of benzene rings is 3. The van der Waals surface area contributed by atoms with Gasteiger partial charge in [-0.2, -0.15) is 5.26 Å². The Bertz CT molecular complexity index is 1070. The Morgan fingerprint density at radius 1 is 0.889 bits per heavy atom. The van der Waals surface area contributed by atoms with Crippen molar-refractivity contribution in [3.63, 3.8) is 0 Å². The first-order valence-electron chi connectivity index (χ1n) is 8.00. The third-order valence-corrected chi connectivity index (χ3v) is 4.86. The summed E-state index contributed by atoms with van der Waals surface area (Å²) in [4.78, 5) is 1.70. The van der Waals surface area contributed by atoms with Crippen LogP contribution in [0.2, 0.25) is 0 Å². The third kappa shape index (κ3) is 3.69. The van der Waals surface area contributed by atoms with Gasteiger partial charge in [0.1, 0.15) is 23.5 Å². The molecule has 3 aromatic carbocycles. The van der Waals surface area contributed by atoms with Crippen LogP contribution in [-0.2, 0) is 0 Å². The molecule has 2 nitrogen and oxygen atoms in total. The Morgan fingerprint density at radius 2 is 1.56 bits per heavy atom. The largest absolute Gasteiger partial charge is 0.343 e. The number of nitrogens with zero attached hydrogens (tertiary/aromatic N) is 2. The summed E-state index contributed by atoms with van der Waals surface area (Å²) in [6.45, 7) is 1.80. The lowest BCUT2D eigenvalue weighted by molar-refractivity contribution is 0.603. The predicted octanol–water partition coefficient (Wildman–Crippen LogP) is 6.48. The molecule has 3 rings (SSSR count). The predicted molar refractivity (Wildman–Crippen MR) is 103 cm³/mol. The zero-order valence-electron chi connectivity index (χ0n) is 14.5. The van der Waals surface area contributed by atoms with Gasteiger partial charge in [-0.05, 0) is 76.9 Å². The van der Waals surface area contributed by atoms with Gasteiger partial charge >= 0.3 is 0 Å². The molecule has 0 aliphatic carbocycles. The molecule has 0 aliphatic heterocycles. The second-order valence-corrected chi connectivity index (χ2v) is 6.95. The number of halogens is 4. The van der Waals surface area contributed by atoms with Crippen molar-refractivity contribution in [1.29, 1.82) is 5.26 Å². The van der Waals surface area contributed by atoms with Gasteiger partial charge in [0.25, 0.3) is 0 Å². The SMILES string of the molecule is Cc1cc(-c2cc(F)ccc2F)c(C#N)c(N(C)c2ccc(F)cc2Br)c1. The van der Waals surface area contributed by atoms with Gasteiger partial charge in [-0.15, -0.1) is 0 Å². The normalized spacial score (nSPS) is 10.6. The van der Waals surface area contributed by atoms with Crippen LogP contribution < -0.4 is 4.90 Å². The highest BCUT2D eigenvalue weighted by atomic mass is 79.9. The minimum atomic E-state index is -0.616. The van der Waals surface area contributed by atoms with Gasteiger partial charge in [-0.25, -0.2) is 13.2 Å². The molecule has 0 fully saturated rings. The van der Waals surface area contributed by atoms with Crippen molar-refractivity contribution in [2.45, 2.75) is 6.92 Å². The molecule has 3 aromatic rings. The molecule has 136 valence electrons. The standard InChI is InChI=1S/C21H14BrF3N2/c1-12-7-15(16-9-13(23)3-5-19(16)25)17(11-26)21(8-12)27(2)20-6-4-14(24)10-18(20)22/h3-10H,1-2H3. The maximum absolute atomic E-state index is 14.3. The second kappa shape index (κ2) is 7.45. The lowest BCUT2D eigenvalue weighted by Gasteiger charge is -2.24. The summed E-state index contributed by atoms with van der Waals surface area (Å²) in [6.07, 6.45) is 0. The maximum atomic E-state index is 14.3. The molecule has 0 spiro atoms. The van der Waals surface area contributed by atoms with E-state index in [9.17, 15) is 18.4 Å². The van der Waals surface area contributed by atoms with Gasteiger partial charge in [0, 0.05) is 22.6 Å². The van der Waals surface area contributed by atoms with Gasteiger partial charge < -0.3 is 4.90 Å². The van der Waals surface area contributed by atoms with E-state index in [1.807, 2.05) is 0 Å². The van der Waals surface area contributed by atoms with Crippen LogP contribution in [-0.4, -0.2) is 7.05 Å². The molecule has 27 heavy (non-hydrogen) atoms. The summed E-state index contributed by atoms with van der Waals surface area (Å²) in [5.41, 5.74) is 2.42. The van der Waals surface area contributed by atoms with Crippen molar-refractivity contribution in [3.8, 4) is 17.2 Å². The molecule has 0 saturated carbocycles. The van der Waals surface area contributed by atoms with Crippen LogP contribution in [0.25, 0.3) is 11.1 Å². The molecule has 0 heterocycles. The van der Waals surface area contributed by atoms with Crippen molar-refractivity contribution in [2.75, 3.05) is 11.9 Å². The maximum Gasteiger partial charge on any atom is 0.131 e. The molecule has 0 saturated heterocycles. The van der Waals surface area contributed by atoms with E-state index in [2.05, 4.69) is 22.0 Å². The van der Waals surface area contributed by atoms with E-state index in [0.29, 0.717) is 21.4 Å². The average molecular weight is 431 g/mol. The first-order valence-corrected chi connectivity index (χ1v) is 8.80. The summed E-state index contributed by atoms with van der Waals surface area (Å²) in [5.74, 6) is -1.60. The Kier molecular flexibility index (Phi) is 5.24. The van der Waals surface area contributed by atoms with E-state index in [-0.39, 0.29) is 11.1 Å². The van der Waals surface area contributed by atoms with E-state index >= 15 is 0 Å². The number of hydrogen-bond acceptors (Lipinski definition) is 2. The zero-order valence-corrected chi connectivity index (χ0v) is 16.1. The number of hydrogen-bond donors (Lipinski definition) is 0. The molecule has 6 heteroatoms. The first-order chi connectivity index (χ1) is 12.8. The van der Waals surface area contributed by atoms with Crippen LogP contribution in [0.4, 0.5) is 24.5 Å². The van der Waals surface area contributed by atoms with Gasteiger partial charge in [-0.1, -0.05) is 0 Å². The monoisotopic (exact) mass is 430 g/mol. The summed E-state index contributed by atoms with van der Waals surface area (Å²) in [6, 6.07) is 12.9. The van der Waals surface area contributed by atoms with Gasteiger partial charge in [0.05, 0.1) is 16.9 Å². The number of rotatable bonds is 3. The molecular formula is C21H14BrF3N2. The minimum absolute atomic E-state index is 0.0167.